The van der Waals surface area contributed by atoms with E-state index in [2.05, 4.69) is 20.0 Å². The van der Waals surface area contributed by atoms with Crippen molar-refractivity contribution in [3.8, 4) is 0 Å². The number of nitro benzene ring substituents is 1. The number of hydrogen-bond acceptors (Lipinski definition) is 8. The maximum absolute atomic E-state index is 14.2. The van der Waals surface area contributed by atoms with Gasteiger partial charge in [0.25, 0.3) is 5.69 Å². The molecule has 0 radical (unpaired) electrons. The van der Waals surface area contributed by atoms with Gasteiger partial charge in [0.1, 0.15) is 0 Å². The molecule has 14 heteroatoms. The lowest BCUT2D eigenvalue weighted by Gasteiger charge is -2.35. The number of benzene rings is 1. The summed E-state index contributed by atoms with van der Waals surface area (Å²) in [5, 5.41) is 13.6. The molecule has 0 saturated heterocycles. The van der Waals surface area contributed by atoms with E-state index >= 15 is 0 Å². The molecule has 0 aliphatic heterocycles. The number of nitrogens with one attached hydrogen (secondary N) is 2. The fraction of sp³-hybridized carbons (Fsp3) is 0.389. The van der Waals surface area contributed by atoms with Gasteiger partial charge in [0.05, 0.1) is 21.9 Å². The van der Waals surface area contributed by atoms with Crippen LogP contribution in [0, 0.1) is 33.7 Å². The van der Waals surface area contributed by atoms with E-state index in [1.165, 1.54) is 18.2 Å². The number of carbonyl (C=O) groups excluding carboxylic acids is 1. The number of carbonyl (C=O) groups is 1. The molecule has 2 saturated carbocycles. The van der Waals surface area contributed by atoms with Crippen LogP contribution < -0.4 is 15.8 Å². The molecular formula is C18H18ClFN6O5S. The van der Waals surface area contributed by atoms with Gasteiger partial charge in [-0.25, -0.2) is 22.5 Å². The summed E-state index contributed by atoms with van der Waals surface area (Å²) in [6.07, 6.45) is 1.71. The third kappa shape index (κ3) is 4.10. The summed E-state index contributed by atoms with van der Waals surface area (Å²) in [5.74, 6) is -2.88. The predicted octanol–water partition coefficient (Wildman–Crippen LogP) is 1.45. The Balaban J connectivity index is 1.59. The summed E-state index contributed by atoms with van der Waals surface area (Å²) < 4.78 is 42.5. The van der Waals surface area contributed by atoms with Crippen molar-refractivity contribution in [1.29, 1.82) is 0 Å². The highest BCUT2D eigenvalue weighted by Crippen LogP contribution is 2.50. The largest absolute Gasteiger partial charge is 0.369 e. The Morgan fingerprint density at radius 2 is 2.09 bits per heavy atom. The minimum atomic E-state index is -4.09. The number of non-ortho nitro benzene ring substituents is 1. The predicted molar refractivity (Wildman–Crippen MR) is 111 cm³/mol. The first-order valence-corrected chi connectivity index (χ1v) is 11.4. The van der Waals surface area contributed by atoms with Crippen LogP contribution in [0.15, 0.2) is 35.4 Å². The van der Waals surface area contributed by atoms with E-state index in [0.29, 0.717) is 12.8 Å². The van der Waals surface area contributed by atoms with Crippen LogP contribution >= 0.6 is 11.6 Å². The molecule has 0 spiro atoms. The number of rotatable bonds is 7. The molecule has 4 rings (SSSR count). The highest BCUT2D eigenvalue weighted by atomic mass is 35.5. The Labute approximate surface area is 186 Å². The Bertz CT molecular complexity index is 1200. The zero-order chi connectivity index (χ0) is 23.2. The van der Waals surface area contributed by atoms with Gasteiger partial charge >= 0.3 is 0 Å². The second-order valence-electron chi connectivity index (χ2n) is 7.81. The number of primary amides is 1. The molecule has 0 unspecified atom stereocenters. The van der Waals surface area contributed by atoms with Crippen molar-refractivity contribution in [2.45, 2.75) is 29.8 Å². The quantitative estimate of drug-likeness (QED) is 0.301. The Hall–Kier alpha value is -2.90. The van der Waals surface area contributed by atoms with E-state index in [-0.39, 0.29) is 27.6 Å². The average molecular weight is 485 g/mol. The fourth-order valence-electron chi connectivity index (χ4n) is 4.74. The molecule has 2 aliphatic carbocycles. The normalized spacial score (nSPS) is 26.8. The van der Waals surface area contributed by atoms with Crippen molar-refractivity contribution in [3.63, 3.8) is 0 Å². The number of amides is 1. The number of sulfonamides is 1. The molecule has 1 amide bonds. The van der Waals surface area contributed by atoms with E-state index in [1.807, 2.05) is 0 Å². The molecule has 1 aromatic carbocycles. The first kappa shape index (κ1) is 22.3. The van der Waals surface area contributed by atoms with E-state index in [9.17, 15) is 27.7 Å². The minimum Gasteiger partial charge on any atom is -0.369 e. The van der Waals surface area contributed by atoms with Gasteiger partial charge in [0, 0.05) is 24.2 Å². The van der Waals surface area contributed by atoms with Gasteiger partial charge in [-0.3, -0.25) is 14.9 Å². The number of fused-ring (bicyclic) bond motifs is 2. The summed E-state index contributed by atoms with van der Waals surface area (Å²) in [6.45, 7) is 0. The second kappa shape index (κ2) is 8.22. The molecule has 4 N–H and O–H groups in total. The maximum Gasteiger partial charge on any atom is 0.270 e. The Morgan fingerprint density at radius 3 is 2.78 bits per heavy atom. The summed E-state index contributed by atoms with van der Waals surface area (Å²) >= 11 is 5.74. The van der Waals surface area contributed by atoms with Crippen LogP contribution in [0.25, 0.3) is 0 Å². The summed E-state index contributed by atoms with van der Waals surface area (Å²) in [7, 11) is -4.09. The van der Waals surface area contributed by atoms with Gasteiger partial charge in [-0.15, -0.1) is 0 Å². The Morgan fingerprint density at radius 1 is 1.34 bits per heavy atom. The topological polar surface area (TPSA) is 170 Å². The van der Waals surface area contributed by atoms with Crippen molar-refractivity contribution < 1.29 is 22.5 Å². The second-order valence-corrected chi connectivity index (χ2v) is 9.86. The van der Waals surface area contributed by atoms with Gasteiger partial charge in [0.2, 0.25) is 21.2 Å². The molecule has 1 heterocycles. The summed E-state index contributed by atoms with van der Waals surface area (Å²) in [5.41, 5.74) is 5.21. The first-order chi connectivity index (χ1) is 15.1. The van der Waals surface area contributed by atoms with Crippen molar-refractivity contribution in [2.75, 3.05) is 5.32 Å². The van der Waals surface area contributed by atoms with E-state index in [0.717, 1.165) is 12.3 Å². The van der Waals surface area contributed by atoms with Crippen LogP contribution in [0.4, 0.5) is 15.9 Å². The van der Waals surface area contributed by atoms with Crippen molar-refractivity contribution in [3.05, 3.63) is 51.7 Å². The smallest absolute Gasteiger partial charge is 0.270 e. The number of nitro groups is 1. The zero-order valence-corrected chi connectivity index (χ0v) is 17.9. The number of hydrogen-bond donors (Lipinski definition) is 3. The van der Waals surface area contributed by atoms with Crippen LogP contribution in [0.3, 0.4) is 0 Å². The van der Waals surface area contributed by atoms with Crippen LogP contribution in [0.1, 0.15) is 12.8 Å². The van der Waals surface area contributed by atoms with Crippen LogP contribution in [0.2, 0.25) is 5.28 Å². The van der Waals surface area contributed by atoms with Crippen LogP contribution in [-0.2, 0) is 14.8 Å². The van der Waals surface area contributed by atoms with E-state index < -0.39 is 50.6 Å². The van der Waals surface area contributed by atoms with Crippen molar-refractivity contribution >= 4 is 39.0 Å². The molecule has 2 bridgehead atoms. The van der Waals surface area contributed by atoms with Crippen molar-refractivity contribution in [1.82, 2.24) is 14.7 Å². The highest BCUT2D eigenvalue weighted by Gasteiger charge is 2.56. The van der Waals surface area contributed by atoms with E-state index in [1.54, 1.807) is 0 Å². The molecule has 2 aliphatic rings. The van der Waals surface area contributed by atoms with Crippen molar-refractivity contribution in [2.24, 2.45) is 23.5 Å². The lowest BCUT2D eigenvalue weighted by Crippen LogP contribution is -2.51. The minimum absolute atomic E-state index is 0.199. The third-order valence-corrected chi connectivity index (χ3v) is 7.67. The number of halogens is 2. The number of aromatic nitrogens is 2. The summed E-state index contributed by atoms with van der Waals surface area (Å²) in [6, 6.07) is 3.40. The monoisotopic (exact) mass is 484 g/mol. The highest BCUT2D eigenvalue weighted by molar-refractivity contribution is 7.89. The van der Waals surface area contributed by atoms with Gasteiger partial charge in [-0.1, -0.05) is 6.07 Å². The zero-order valence-electron chi connectivity index (χ0n) is 16.3. The molecule has 2 fully saturated rings. The third-order valence-electron chi connectivity index (χ3n) is 6.00. The maximum atomic E-state index is 14.2. The molecule has 2 aromatic rings. The van der Waals surface area contributed by atoms with Gasteiger partial charge < -0.3 is 11.1 Å². The number of nitrogens with zero attached hydrogens (tertiary/aromatic N) is 3. The van der Waals surface area contributed by atoms with Gasteiger partial charge in [-0.2, -0.15) is 4.98 Å². The lowest BCUT2D eigenvalue weighted by atomic mass is 9.81. The standard InChI is InChI=1S/C18H18ClFN6O5S/c19-18-22-7-12(20)17(24-18)23-15-11-4-8(14(15)16(21)27)5-13(11)25-32(30,31)10-3-1-2-9(6-10)26(28)29/h1-3,6-8,11,13-15,25H,4-5H2,(H2,21,27)(H,22,23,24)/t8-,11+,13+,14-,15+/m0/s1. The van der Waals surface area contributed by atoms with Crippen LogP contribution in [-0.4, -0.2) is 41.3 Å². The molecule has 5 atom stereocenters. The fourth-order valence-corrected chi connectivity index (χ4v) is 6.21. The number of nitrogens with two attached hydrogens (primary N) is 1. The van der Waals surface area contributed by atoms with Crippen LogP contribution in [0.5, 0.6) is 0 Å². The molecule has 1 aromatic heterocycles. The van der Waals surface area contributed by atoms with Gasteiger partial charge in [-0.05, 0) is 42.3 Å². The molecule has 170 valence electrons. The SMILES string of the molecule is NC(=O)[C@H]1[C@H]2C[C@@H]([C@H]1Nc1nc(Cl)ncc1F)[C@H](NS(=O)(=O)c1cccc([N+](=O)[O-])c1)C2. The number of anilines is 1. The molecule has 32 heavy (non-hydrogen) atoms. The molecule has 11 nitrogen and oxygen atoms in total. The average Bonchev–Trinajstić information content (AvgIpc) is 3.28. The molecular weight excluding hydrogens is 467 g/mol. The van der Waals surface area contributed by atoms with Gasteiger partial charge in [0.15, 0.2) is 11.6 Å². The van der Waals surface area contributed by atoms with E-state index in [4.69, 9.17) is 17.3 Å². The summed E-state index contributed by atoms with van der Waals surface area (Å²) in [4.78, 5) is 29.5. The lowest BCUT2D eigenvalue weighted by molar-refractivity contribution is -0.385. The first-order valence-electron chi connectivity index (χ1n) is 9.57. The Kier molecular flexibility index (Phi) is 5.73.